The fourth-order valence-electron chi connectivity index (χ4n) is 1.83. The minimum atomic E-state index is 0.425. The van der Waals surface area contributed by atoms with Crippen molar-refractivity contribution in [2.75, 3.05) is 24.7 Å². The Morgan fingerprint density at radius 2 is 2.25 bits per heavy atom. The van der Waals surface area contributed by atoms with Gasteiger partial charge in [0, 0.05) is 31.9 Å². The molecule has 3 N–H and O–H groups in total. The molecule has 20 heavy (non-hydrogen) atoms. The second-order valence-corrected chi connectivity index (χ2v) is 4.35. The zero-order chi connectivity index (χ0) is 14.4. The molecule has 2 rings (SSSR count). The quantitative estimate of drug-likeness (QED) is 0.741. The Hall–Kier alpha value is -2.31. The summed E-state index contributed by atoms with van der Waals surface area (Å²) in [6, 6.07) is 0. The van der Waals surface area contributed by atoms with Gasteiger partial charge in [-0.1, -0.05) is 6.92 Å². The molecule has 0 saturated heterocycles. The van der Waals surface area contributed by atoms with Gasteiger partial charge in [0.15, 0.2) is 5.82 Å². The van der Waals surface area contributed by atoms with Gasteiger partial charge in [0.05, 0.1) is 13.4 Å². The second kappa shape index (κ2) is 6.74. The predicted molar refractivity (Wildman–Crippen MR) is 77.7 cm³/mol. The van der Waals surface area contributed by atoms with Crippen LogP contribution < -0.4 is 15.8 Å². The van der Waals surface area contributed by atoms with Crippen molar-refractivity contribution in [3.8, 4) is 5.88 Å². The molecule has 0 atom stereocenters. The second-order valence-electron chi connectivity index (χ2n) is 4.35. The third kappa shape index (κ3) is 3.37. The van der Waals surface area contributed by atoms with Crippen LogP contribution in [0.4, 0.5) is 11.5 Å². The van der Waals surface area contributed by atoms with Crippen LogP contribution in [0.2, 0.25) is 0 Å². The van der Waals surface area contributed by atoms with E-state index in [0.29, 0.717) is 23.2 Å². The number of ether oxygens (including phenoxy) is 1. The van der Waals surface area contributed by atoms with Crippen molar-refractivity contribution in [2.45, 2.75) is 26.3 Å². The Labute approximate surface area is 118 Å². The number of nitrogens with two attached hydrogens (primary N) is 1. The largest absolute Gasteiger partial charge is 0.479 e. The van der Waals surface area contributed by atoms with Gasteiger partial charge in [0.1, 0.15) is 11.5 Å². The summed E-state index contributed by atoms with van der Waals surface area (Å²) in [6.07, 6.45) is 7.20. The zero-order valence-electron chi connectivity index (χ0n) is 11.8. The van der Waals surface area contributed by atoms with Crippen LogP contribution in [0.5, 0.6) is 5.88 Å². The molecule has 0 unspecified atom stereocenters. The number of methoxy groups -OCH3 is 1. The van der Waals surface area contributed by atoms with Crippen molar-refractivity contribution in [3.05, 3.63) is 24.5 Å². The highest BCUT2D eigenvalue weighted by atomic mass is 16.5. The molecule has 0 bridgehead atoms. The van der Waals surface area contributed by atoms with Crippen LogP contribution >= 0.6 is 0 Å². The standard InChI is InChI=1S/C13H20N6O/c1-3-10-17-12(11(14)13(18-10)20-2)16-5-4-7-19-8-6-15-9-19/h6,8-9H,3-5,7,14H2,1-2H3,(H,16,17,18). The van der Waals surface area contributed by atoms with Gasteiger partial charge in [-0.2, -0.15) is 4.98 Å². The van der Waals surface area contributed by atoms with Crippen molar-refractivity contribution in [3.63, 3.8) is 0 Å². The van der Waals surface area contributed by atoms with Gasteiger partial charge >= 0.3 is 0 Å². The number of aromatic nitrogens is 4. The molecular weight excluding hydrogens is 256 g/mol. The number of rotatable bonds is 7. The summed E-state index contributed by atoms with van der Waals surface area (Å²) < 4.78 is 7.20. The number of aryl methyl sites for hydroxylation is 2. The lowest BCUT2D eigenvalue weighted by atomic mass is 10.3. The summed E-state index contributed by atoms with van der Waals surface area (Å²) in [4.78, 5) is 12.6. The number of hydrogen-bond donors (Lipinski definition) is 2. The maximum atomic E-state index is 5.97. The van der Waals surface area contributed by atoms with Gasteiger partial charge in [0.25, 0.3) is 0 Å². The molecule has 7 nitrogen and oxygen atoms in total. The van der Waals surface area contributed by atoms with E-state index in [9.17, 15) is 0 Å². The summed E-state index contributed by atoms with van der Waals surface area (Å²) in [5.41, 5.74) is 6.42. The first-order valence-corrected chi connectivity index (χ1v) is 6.64. The van der Waals surface area contributed by atoms with E-state index >= 15 is 0 Å². The highest BCUT2D eigenvalue weighted by Crippen LogP contribution is 2.25. The number of imidazole rings is 1. The van der Waals surface area contributed by atoms with E-state index in [0.717, 1.165) is 25.9 Å². The van der Waals surface area contributed by atoms with Crippen molar-refractivity contribution < 1.29 is 4.74 Å². The monoisotopic (exact) mass is 276 g/mol. The Balaban J connectivity index is 1.94. The number of nitrogen functional groups attached to an aromatic ring is 1. The molecule has 0 spiro atoms. The number of hydrogen-bond acceptors (Lipinski definition) is 6. The fourth-order valence-corrected chi connectivity index (χ4v) is 1.83. The SMILES string of the molecule is CCc1nc(NCCCn2ccnc2)c(N)c(OC)n1. The van der Waals surface area contributed by atoms with Crippen LogP contribution in [0.1, 0.15) is 19.2 Å². The first-order valence-electron chi connectivity index (χ1n) is 6.64. The molecule has 2 heterocycles. The van der Waals surface area contributed by atoms with Crippen molar-refractivity contribution >= 4 is 11.5 Å². The van der Waals surface area contributed by atoms with E-state index in [-0.39, 0.29) is 0 Å². The van der Waals surface area contributed by atoms with E-state index in [1.165, 1.54) is 0 Å². The average Bonchev–Trinajstić information content (AvgIpc) is 2.98. The van der Waals surface area contributed by atoms with Gasteiger partial charge in [-0.05, 0) is 6.42 Å². The van der Waals surface area contributed by atoms with Crippen LogP contribution in [-0.2, 0) is 13.0 Å². The van der Waals surface area contributed by atoms with Crippen molar-refractivity contribution in [1.82, 2.24) is 19.5 Å². The van der Waals surface area contributed by atoms with E-state index in [4.69, 9.17) is 10.5 Å². The Kier molecular flexibility index (Phi) is 4.75. The van der Waals surface area contributed by atoms with Crippen LogP contribution in [0, 0.1) is 0 Å². The van der Waals surface area contributed by atoms with Crippen LogP contribution in [0.15, 0.2) is 18.7 Å². The first kappa shape index (κ1) is 14.1. The molecule has 2 aromatic heterocycles. The summed E-state index contributed by atoms with van der Waals surface area (Å²) in [6.45, 7) is 3.66. The highest BCUT2D eigenvalue weighted by molar-refractivity contribution is 5.66. The summed E-state index contributed by atoms with van der Waals surface area (Å²) in [7, 11) is 1.56. The first-order chi connectivity index (χ1) is 9.74. The highest BCUT2D eigenvalue weighted by Gasteiger charge is 2.10. The van der Waals surface area contributed by atoms with E-state index < -0.39 is 0 Å². The van der Waals surface area contributed by atoms with E-state index in [2.05, 4.69) is 20.3 Å². The Morgan fingerprint density at radius 3 is 2.90 bits per heavy atom. The molecule has 2 aromatic rings. The lowest BCUT2D eigenvalue weighted by Gasteiger charge is -2.12. The lowest BCUT2D eigenvalue weighted by molar-refractivity contribution is 0.397. The molecule has 0 amide bonds. The van der Waals surface area contributed by atoms with Gasteiger partial charge in [-0.25, -0.2) is 9.97 Å². The summed E-state index contributed by atoms with van der Waals surface area (Å²) >= 11 is 0. The Bertz CT molecular complexity index is 540. The number of nitrogens with one attached hydrogen (secondary N) is 1. The van der Waals surface area contributed by atoms with Crippen LogP contribution in [0.25, 0.3) is 0 Å². The maximum absolute atomic E-state index is 5.97. The van der Waals surface area contributed by atoms with Crippen molar-refractivity contribution in [2.24, 2.45) is 0 Å². The average molecular weight is 276 g/mol. The predicted octanol–water partition coefficient (Wildman–Crippen LogP) is 1.33. The summed E-state index contributed by atoms with van der Waals surface area (Å²) in [5, 5.41) is 3.23. The fraction of sp³-hybridized carbons (Fsp3) is 0.462. The summed E-state index contributed by atoms with van der Waals surface area (Å²) in [5.74, 6) is 1.78. The molecule has 0 aromatic carbocycles. The smallest absolute Gasteiger partial charge is 0.242 e. The van der Waals surface area contributed by atoms with Gasteiger partial charge < -0.3 is 20.4 Å². The number of anilines is 2. The molecular formula is C13H20N6O. The molecule has 0 aliphatic heterocycles. The minimum absolute atomic E-state index is 0.425. The molecule has 108 valence electrons. The zero-order valence-corrected chi connectivity index (χ0v) is 11.8. The topological polar surface area (TPSA) is 90.9 Å². The normalized spacial score (nSPS) is 10.5. The third-order valence-electron chi connectivity index (χ3n) is 2.91. The molecule has 7 heteroatoms. The van der Waals surface area contributed by atoms with E-state index in [1.54, 1.807) is 19.6 Å². The molecule has 0 radical (unpaired) electrons. The van der Waals surface area contributed by atoms with Gasteiger partial charge in [0.2, 0.25) is 5.88 Å². The lowest BCUT2D eigenvalue weighted by Crippen LogP contribution is -2.12. The number of nitrogens with zero attached hydrogens (tertiary/aromatic N) is 4. The molecule has 0 fully saturated rings. The van der Waals surface area contributed by atoms with E-state index in [1.807, 2.05) is 17.7 Å². The van der Waals surface area contributed by atoms with Crippen LogP contribution in [-0.4, -0.2) is 33.2 Å². The Morgan fingerprint density at radius 1 is 1.40 bits per heavy atom. The van der Waals surface area contributed by atoms with Gasteiger partial charge in [-0.15, -0.1) is 0 Å². The minimum Gasteiger partial charge on any atom is -0.479 e. The molecule has 0 saturated carbocycles. The van der Waals surface area contributed by atoms with Crippen LogP contribution in [0.3, 0.4) is 0 Å². The van der Waals surface area contributed by atoms with Crippen molar-refractivity contribution in [1.29, 1.82) is 0 Å². The molecule has 0 aliphatic carbocycles. The maximum Gasteiger partial charge on any atom is 0.242 e. The van der Waals surface area contributed by atoms with Gasteiger partial charge in [-0.3, -0.25) is 0 Å². The molecule has 0 aliphatic rings. The third-order valence-corrected chi connectivity index (χ3v) is 2.91.